The van der Waals surface area contributed by atoms with Crippen LogP contribution in [-0.2, 0) is 9.59 Å². The molecule has 0 bridgehead atoms. The van der Waals surface area contributed by atoms with Crippen molar-refractivity contribution in [2.75, 3.05) is 13.7 Å². The van der Waals surface area contributed by atoms with E-state index in [1.54, 1.807) is 31.2 Å². The summed E-state index contributed by atoms with van der Waals surface area (Å²) in [4.78, 5) is 27.3. The highest BCUT2D eigenvalue weighted by Crippen LogP contribution is 2.43. The fourth-order valence-corrected chi connectivity index (χ4v) is 4.09. The normalized spacial score (nSPS) is 18.1. The zero-order valence-electron chi connectivity index (χ0n) is 17.1. The first-order valence-electron chi connectivity index (χ1n) is 9.72. The molecular weight excluding hydrogens is 406 g/mol. The third kappa shape index (κ3) is 3.87. The number of likely N-dealkylation sites (tertiary alicyclic amines) is 1. The van der Waals surface area contributed by atoms with Gasteiger partial charge in [0.2, 0.25) is 0 Å². The second-order valence-electron chi connectivity index (χ2n) is 7.27. The number of ether oxygens (including phenoxy) is 1. The molecule has 2 N–H and O–H groups in total. The molecule has 1 heterocycles. The van der Waals surface area contributed by atoms with E-state index >= 15 is 0 Å². The number of aromatic hydroxyl groups is 1. The van der Waals surface area contributed by atoms with Gasteiger partial charge in [0.1, 0.15) is 17.3 Å². The van der Waals surface area contributed by atoms with Crippen molar-refractivity contribution in [1.29, 1.82) is 0 Å². The highest BCUT2D eigenvalue weighted by atomic mass is 35.5. The number of carbonyl (C=O) groups excluding carboxylic acids is 2. The van der Waals surface area contributed by atoms with Gasteiger partial charge in [0, 0.05) is 6.54 Å². The molecule has 0 spiro atoms. The van der Waals surface area contributed by atoms with Crippen molar-refractivity contribution < 1.29 is 24.5 Å². The molecule has 2 aromatic rings. The topological polar surface area (TPSA) is 87.1 Å². The number of benzene rings is 2. The molecule has 0 radical (unpaired) electrons. The summed E-state index contributed by atoms with van der Waals surface area (Å²) in [7, 11) is 1.42. The predicted octanol–water partition coefficient (Wildman–Crippen LogP) is 4.58. The number of phenolic OH excluding ortho intramolecular Hbond substituents is 1. The van der Waals surface area contributed by atoms with Gasteiger partial charge in [-0.15, -0.1) is 0 Å². The van der Waals surface area contributed by atoms with Gasteiger partial charge in [-0.1, -0.05) is 37.1 Å². The van der Waals surface area contributed by atoms with Crippen molar-refractivity contribution in [2.45, 2.75) is 32.7 Å². The van der Waals surface area contributed by atoms with Crippen LogP contribution in [0.3, 0.4) is 0 Å². The van der Waals surface area contributed by atoms with Crippen LogP contribution >= 0.6 is 11.6 Å². The highest BCUT2D eigenvalue weighted by molar-refractivity contribution is 6.46. The molecule has 158 valence electrons. The number of hydrogen-bond donors (Lipinski definition) is 2. The van der Waals surface area contributed by atoms with Crippen molar-refractivity contribution in [1.82, 2.24) is 4.90 Å². The first kappa shape index (κ1) is 21.7. The average Bonchev–Trinajstić information content (AvgIpc) is 2.96. The quantitative estimate of drug-likeness (QED) is 0.398. The number of unbranched alkanes of at least 4 members (excludes halogenated alkanes) is 1. The first-order chi connectivity index (χ1) is 14.3. The number of nitrogens with zero attached hydrogens (tertiary/aromatic N) is 1. The Balaban J connectivity index is 2.27. The van der Waals surface area contributed by atoms with E-state index in [1.807, 2.05) is 6.92 Å². The molecule has 1 aliphatic heterocycles. The van der Waals surface area contributed by atoms with Crippen LogP contribution in [0.15, 0.2) is 42.0 Å². The summed E-state index contributed by atoms with van der Waals surface area (Å²) in [5.41, 5.74) is 1.48. The number of carbonyl (C=O) groups is 2. The van der Waals surface area contributed by atoms with Gasteiger partial charge in [0.25, 0.3) is 11.7 Å². The van der Waals surface area contributed by atoms with E-state index in [-0.39, 0.29) is 33.4 Å². The monoisotopic (exact) mass is 429 g/mol. The van der Waals surface area contributed by atoms with Crippen LogP contribution in [0, 0.1) is 6.92 Å². The predicted molar refractivity (Wildman–Crippen MR) is 115 cm³/mol. The summed E-state index contributed by atoms with van der Waals surface area (Å²) in [6.45, 7) is 4.14. The van der Waals surface area contributed by atoms with Gasteiger partial charge in [-0.3, -0.25) is 9.59 Å². The number of methoxy groups -OCH3 is 1. The number of Topliss-reactive ketones (excluding diaryl/α,β-unsaturated/α-hetero) is 1. The van der Waals surface area contributed by atoms with Crippen LogP contribution in [0.4, 0.5) is 0 Å². The number of hydrogen-bond acceptors (Lipinski definition) is 5. The van der Waals surface area contributed by atoms with Gasteiger partial charge in [0.05, 0.1) is 29.3 Å². The molecule has 1 saturated heterocycles. The molecule has 1 fully saturated rings. The van der Waals surface area contributed by atoms with Gasteiger partial charge in [-0.2, -0.15) is 0 Å². The SMILES string of the molecule is CCCCN1C(=O)C(=O)/C(=C(/O)c2cc(C)cc(Cl)c2OC)C1c1cccc(O)c1. The third-order valence-electron chi connectivity index (χ3n) is 5.13. The number of ketones is 1. The third-order valence-corrected chi connectivity index (χ3v) is 5.41. The van der Waals surface area contributed by atoms with Crippen LogP contribution in [-0.4, -0.2) is 40.5 Å². The van der Waals surface area contributed by atoms with Crippen LogP contribution < -0.4 is 4.74 Å². The summed E-state index contributed by atoms with van der Waals surface area (Å²) in [5, 5.41) is 21.4. The maximum atomic E-state index is 13.0. The fourth-order valence-electron chi connectivity index (χ4n) is 3.74. The van der Waals surface area contributed by atoms with Crippen molar-refractivity contribution >= 4 is 29.1 Å². The van der Waals surface area contributed by atoms with Gasteiger partial charge in [0.15, 0.2) is 0 Å². The van der Waals surface area contributed by atoms with Crippen LogP contribution in [0.1, 0.15) is 42.5 Å². The zero-order valence-corrected chi connectivity index (χ0v) is 17.9. The van der Waals surface area contributed by atoms with E-state index in [2.05, 4.69) is 0 Å². The van der Waals surface area contributed by atoms with Gasteiger partial charge in [-0.05, 0) is 48.7 Å². The Bertz CT molecular complexity index is 1030. The van der Waals surface area contributed by atoms with Gasteiger partial charge in [-0.25, -0.2) is 0 Å². The fraction of sp³-hybridized carbons (Fsp3) is 0.304. The first-order valence-corrected chi connectivity index (χ1v) is 10.1. The number of halogens is 1. The summed E-state index contributed by atoms with van der Waals surface area (Å²) in [6, 6.07) is 8.85. The van der Waals surface area contributed by atoms with E-state index in [9.17, 15) is 19.8 Å². The van der Waals surface area contributed by atoms with E-state index in [0.717, 1.165) is 12.0 Å². The summed E-state index contributed by atoms with van der Waals surface area (Å²) < 4.78 is 5.35. The summed E-state index contributed by atoms with van der Waals surface area (Å²) in [5.74, 6) is -1.60. The van der Waals surface area contributed by atoms with Crippen molar-refractivity contribution in [3.05, 3.63) is 63.7 Å². The number of aliphatic hydroxyl groups is 1. The van der Waals surface area contributed by atoms with Crippen molar-refractivity contribution in [3.63, 3.8) is 0 Å². The minimum absolute atomic E-state index is 0.00441. The largest absolute Gasteiger partial charge is 0.508 e. The maximum absolute atomic E-state index is 13.0. The minimum Gasteiger partial charge on any atom is -0.508 e. The molecular formula is C23H24ClNO5. The van der Waals surface area contributed by atoms with Crippen LogP contribution in [0.25, 0.3) is 5.76 Å². The smallest absolute Gasteiger partial charge is 0.295 e. The standard InChI is InChI=1S/C23H24ClNO5/c1-4-5-9-25-19(14-7-6-8-15(26)12-14)18(21(28)23(25)29)20(27)16-10-13(2)11-17(24)22(16)30-3/h6-8,10-12,19,26-27H,4-5,9H2,1-3H3/b20-18+. The van der Waals surface area contributed by atoms with Gasteiger partial charge < -0.3 is 19.8 Å². The molecule has 1 atom stereocenters. The number of aryl methyl sites for hydroxylation is 1. The molecule has 3 rings (SSSR count). The Labute approximate surface area is 180 Å². The number of phenols is 1. The average molecular weight is 430 g/mol. The molecule has 0 aliphatic carbocycles. The zero-order chi connectivity index (χ0) is 22.0. The second kappa shape index (κ2) is 8.79. The van der Waals surface area contributed by atoms with E-state index in [0.29, 0.717) is 18.5 Å². The summed E-state index contributed by atoms with van der Waals surface area (Å²) >= 11 is 6.27. The minimum atomic E-state index is -0.826. The highest BCUT2D eigenvalue weighted by Gasteiger charge is 2.46. The second-order valence-corrected chi connectivity index (χ2v) is 7.68. The van der Waals surface area contributed by atoms with E-state index < -0.39 is 17.7 Å². The number of rotatable bonds is 6. The molecule has 0 aromatic heterocycles. The molecule has 7 heteroatoms. The lowest BCUT2D eigenvalue weighted by atomic mass is 9.94. The summed E-state index contributed by atoms with van der Waals surface area (Å²) in [6.07, 6.45) is 1.53. The number of amides is 1. The van der Waals surface area contributed by atoms with Gasteiger partial charge >= 0.3 is 0 Å². The molecule has 30 heavy (non-hydrogen) atoms. The number of aliphatic hydroxyl groups excluding tert-OH is 1. The Kier molecular flexibility index (Phi) is 6.37. The molecule has 6 nitrogen and oxygen atoms in total. The van der Waals surface area contributed by atoms with E-state index in [1.165, 1.54) is 24.1 Å². The van der Waals surface area contributed by atoms with E-state index in [4.69, 9.17) is 16.3 Å². The lowest BCUT2D eigenvalue weighted by molar-refractivity contribution is -0.139. The lowest BCUT2D eigenvalue weighted by Gasteiger charge is -2.25. The Hall–Kier alpha value is -2.99. The van der Waals surface area contributed by atoms with Crippen LogP contribution in [0.5, 0.6) is 11.5 Å². The molecule has 1 unspecified atom stereocenters. The lowest BCUT2D eigenvalue weighted by Crippen LogP contribution is -2.30. The Morgan fingerprint density at radius 3 is 2.60 bits per heavy atom. The van der Waals surface area contributed by atoms with Crippen molar-refractivity contribution in [3.8, 4) is 11.5 Å². The molecule has 0 saturated carbocycles. The molecule has 1 aliphatic rings. The Morgan fingerprint density at radius 2 is 1.97 bits per heavy atom. The molecule has 1 amide bonds. The maximum Gasteiger partial charge on any atom is 0.295 e. The molecule has 2 aromatic carbocycles. The van der Waals surface area contributed by atoms with Crippen molar-refractivity contribution in [2.24, 2.45) is 0 Å². The van der Waals surface area contributed by atoms with Crippen LogP contribution in [0.2, 0.25) is 5.02 Å². The Morgan fingerprint density at radius 1 is 1.23 bits per heavy atom.